The van der Waals surface area contributed by atoms with Gasteiger partial charge in [-0.25, -0.2) is 15.0 Å². The number of aromatic nitrogens is 4. The highest BCUT2D eigenvalue weighted by Gasteiger charge is 2.49. The highest BCUT2D eigenvalue weighted by Crippen LogP contribution is 2.39. The second kappa shape index (κ2) is 7.97. The van der Waals surface area contributed by atoms with Crippen LogP contribution in [-0.4, -0.2) is 61.4 Å². The van der Waals surface area contributed by atoms with Gasteiger partial charge in [-0.1, -0.05) is 26.8 Å². The van der Waals surface area contributed by atoms with E-state index < -0.39 is 32.9 Å². The van der Waals surface area contributed by atoms with Crippen LogP contribution in [0.1, 0.15) is 39.7 Å². The van der Waals surface area contributed by atoms with E-state index >= 15 is 0 Å². The fraction of sp³-hybridized carbons (Fsp3) is 0.579. The molecule has 3 rings (SSSR count). The third-order valence-electron chi connectivity index (χ3n) is 5.74. The Hall–Kier alpha value is -1.92. The smallest absolute Gasteiger partial charge is 0.251 e. The minimum absolute atomic E-state index is 0.0767. The van der Waals surface area contributed by atoms with E-state index in [-0.39, 0.29) is 15.9 Å². The number of hydrogen-bond donors (Lipinski definition) is 3. The molecule has 164 valence electrons. The van der Waals surface area contributed by atoms with Gasteiger partial charge < -0.3 is 25.1 Å². The van der Waals surface area contributed by atoms with E-state index in [0.29, 0.717) is 17.0 Å². The number of anilines is 1. The zero-order chi connectivity index (χ0) is 22.4. The number of nitrogens with zero attached hydrogens (tertiary/aromatic N) is 4. The maximum absolute atomic E-state index is 10.8. The number of aliphatic hydroxyl groups is 2. The Morgan fingerprint density at radius 1 is 1.30 bits per heavy atom. The first-order valence-corrected chi connectivity index (χ1v) is 13.1. The molecule has 0 bridgehead atoms. The van der Waals surface area contributed by atoms with Gasteiger partial charge in [0.2, 0.25) is 0 Å². The summed E-state index contributed by atoms with van der Waals surface area (Å²) in [4.78, 5) is 12.7. The summed E-state index contributed by atoms with van der Waals surface area (Å²) in [5, 5.41) is 21.6. The molecule has 30 heavy (non-hydrogen) atoms. The predicted octanol–water partition coefficient (Wildman–Crippen LogP) is 2.41. The van der Waals surface area contributed by atoms with Crippen LogP contribution in [0.4, 0.5) is 5.82 Å². The summed E-state index contributed by atoms with van der Waals surface area (Å²) in [7, 11) is -2.23. The molecule has 2 aromatic heterocycles. The third-order valence-corrected chi connectivity index (χ3v) is 10.5. The lowest BCUT2D eigenvalue weighted by Gasteiger charge is -2.37. The lowest BCUT2D eigenvalue weighted by Crippen LogP contribution is -2.46. The van der Waals surface area contributed by atoms with Gasteiger partial charge in [-0.3, -0.25) is 4.57 Å². The van der Waals surface area contributed by atoms with Crippen molar-refractivity contribution in [2.24, 2.45) is 0 Å². The number of fused-ring (bicyclic) bond motifs is 1. The summed E-state index contributed by atoms with van der Waals surface area (Å²) in [6.45, 7) is 12.2. The summed E-state index contributed by atoms with van der Waals surface area (Å²) >= 11 is 5.48. The minimum atomic E-state index is -2.23. The van der Waals surface area contributed by atoms with Crippen LogP contribution >= 0.6 is 12.2 Å². The monoisotopic (exact) mass is 451 g/mol. The molecule has 1 aliphatic rings. The van der Waals surface area contributed by atoms with Crippen LogP contribution in [0.25, 0.3) is 17.2 Å². The van der Waals surface area contributed by atoms with E-state index in [4.69, 9.17) is 27.1 Å². The molecule has 0 spiro atoms. The van der Waals surface area contributed by atoms with Gasteiger partial charge in [0.1, 0.15) is 24.4 Å². The summed E-state index contributed by atoms with van der Waals surface area (Å²) in [5.41, 5.74) is 6.72. The number of nitrogen functional groups attached to an aromatic ring is 1. The molecule has 0 amide bonds. The molecule has 0 aliphatic carbocycles. The average Bonchev–Trinajstić information content (AvgIpc) is 3.13. The first-order valence-electron chi connectivity index (χ1n) is 9.74. The number of rotatable bonds is 4. The predicted molar refractivity (Wildman–Crippen MR) is 121 cm³/mol. The molecule has 2 aromatic rings. The molecular formula is C19H29N5O4SSi. The first-order chi connectivity index (χ1) is 13.9. The molecule has 0 unspecified atom stereocenters. The third kappa shape index (κ3) is 3.87. The van der Waals surface area contributed by atoms with Crippen molar-refractivity contribution in [3.05, 3.63) is 18.2 Å². The van der Waals surface area contributed by atoms with Gasteiger partial charge in [-0.05, 0) is 43.3 Å². The Morgan fingerprint density at radius 3 is 2.57 bits per heavy atom. The average molecular weight is 452 g/mol. The Balaban J connectivity index is 1.97. The van der Waals surface area contributed by atoms with E-state index in [9.17, 15) is 10.2 Å². The highest BCUT2D eigenvalue weighted by molar-refractivity contribution is 7.80. The number of hydrogen-bond acceptors (Lipinski definition) is 9. The van der Waals surface area contributed by atoms with Crippen LogP contribution in [0, 0.1) is 0 Å². The van der Waals surface area contributed by atoms with Crippen molar-refractivity contribution in [3.8, 4) is 0 Å². The zero-order valence-electron chi connectivity index (χ0n) is 18.0. The molecule has 1 saturated heterocycles. The van der Waals surface area contributed by atoms with Gasteiger partial charge >= 0.3 is 0 Å². The molecular weight excluding hydrogens is 422 g/mol. The Morgan fingerprint density at radius 2 is 1.97 bits per heavy atom. The van der Waals surface area contributed by atoms with Crippen molar-refractivity contribution in [2.45, 2.75) is 70.4 Å². The van der Waals surface area contributed by atoms with Crippen molar-refractivity contribution >= 4 is 48.6 Å². The molecule has 0 saturated carbocycles. The summed E-state index contributed by atoms with van der Waals surface area (Å²) in [6, 6.07) is 0. The number of imidazole rings is 1. The number of nitrogens with two attached hydrogens (primary N) is 1. The SMILES string of the molecule is CC=Cc1nc2c(N)ncnc2n1[C@@H]1O[C@H](C(=S)O[Si](C)(C)C(C)(C)C)[C@@H](O)[C@H]1O. The van der Waals surface area contributed by atoms with Crippen molar-refractivity contribution < 1.29 is 19.4 Å². The molecule has 0 aromatic carbocycles. The standard InChI is InChI=1S/C19H29N5O4SSi/c1-7-8-10-23-11-15(20)21-9-22-16(11)24(10)17-13(26)12(25)14(27-17)18(29)28-30(5,6)19(2,3)4/h7-9,12-14,17,25-26H,1-6H3,(H2,20,21,22)/t12-,13+,14-,17+/m0/s1. The number of aliphatic hydroxyl groups excluding tert-OH is 2. The minimum Gasteiger partial charge on any atom is -0.537 e. The van der Waals surface area contributed by atoms with Crippen LogP contribution in [-0.2, 0) is 9.16 Å². The van der Waals surface area contributed by atoms with Gasteiger partial charge in [0.05, 0.1) is 0 Å². The van der Waals surface area contributed by atoms with Crippen molar-refractivity contribution in [1.29, 1.82) is 0 Å². The van der Waals surface area contributed by atoms with Crippen molar-refractivity contribution in [1.82, 2.24) is 19.5 Å². The van der Waals surface area contributed by atoms with E-state index in [1.807, 2.05) is 6.92 Å². The molecule has 1 fully saturated rings. The molecule has 4 N–H and O–H groups in total. The normalized spacial score (nSPS) is 25.3. The molecule has 3 heterocycles. The molecule has 0 radical (unpaired) electrons. The molecule has 1 aliphatic heterocycles. The maximum Gasteiger partial charge on any atom is 0.251 e. The number of ether oxygens (including phenoxy) is 1. The van der Waals surface area contributed by atoms with Crippen LogP contribution in [0.15, 0.2) is 12.4 Å². The molecule has 9 nitrogen and oxygen atoms in total. The summed E-state index contributed by atoms with van der Waals surface area (Å²) < 4.78 is 13.8. The van der Waals surface area contributed by atoms with Crippen LogP contribution in [0.3, 0.4) is 0 Å². The lowest BCUT2D eigenvalue weighted by molar-refractivity contribution is -0.0234. The van der Waals surface area contributed by atoms with E-state index in [1.54, 1.807) is 16.7 Å². The Kier molecular flexibility index (Phi) is 6.04. The van der Waals surface area contributed by atoms with Gasteiger partial charge in [0.25, 0.3) is 8.32 Å². The van der Waals surface area contributed by atoms with Gasteiger partial charge in [-0.15, -0.1) is 0 Å². The molecule has 4 atom stereocenters. The van der Waals surface area contributed by atoms with Gasteiger partial charge in [0.15, 0.2) is 34.4 Å². The maximum atomic E-state index is 10.8. The fourth-order valence-corrected chi connectivity index (χ4v) is 4.74. The molecule has 11 heteroatoms. The van der Waals surface area contributed by atoms with Crippen molar-refractivity contribution in [2.75, 3.05) is 5.73 Å². The van der Waals surface area contributed by atoms with E-state index in [0.717, 1.165) is 0 Å². The Bertz CT molecular complexity index is 987. The van der Waals surface area contributed by atoms with Crippen LogP contribution in [0.2, 0.25) is 18.1 Å². The van der Waals surface area contributed by atoms with Crippen LogP contribution in [0.5, 0.6) is 0 Å². The fourth-order valence-electron chi connectivity index (χ4n) is 2.99. The topological polar surface area (TPSA) is 129 Å². The van der Waals surface area contributed by atoms with E-state index in [2.05, 4.69) is 48.8 Å². The largest absolute Gasteiger partial charge is 0.537 e. The second-order valence-corrected chi connectivity index (χ2v) is 14.0. The quantitative estimate of drug-likeness (QED) is 0.474. The van der Waals surface area contributed by atoms with Gasteiger partial charge in [-0.2, -0.15) is 0 Å². The Labute approximate surface area is 182 Å². The summed E-state index contributed by atoms with van der Waals surface area (Å²) in [5.74, 6) is 0.679. The highest BCUT2D eigenvalue weighted by atomic mass is 32.1. The van der Waals surface area contributed by atoms with Gasteiger partial charge in [0, 0.05) is 0 Å². The summed E-state index contributed by atoms with van der Waals surface area (Å²) in [6.07, 6.45) is 0.371. The lowest BCUT2D eigenvalue weighted by atomic mass is 10.1. The van der Waals surface area contributed by atoms with E-state index in [1.165, 1.54) is 6.33 Å². The second-order valence-electron chi connectivity index (χ2n) is 8.88. The number of thiocarbonyl (C=S) groups is 1. The number of allylic oxidation sites excluding steroid dienone is 1. The first kappa shape index (κ1) is 22.8. The van der Waals surface area contributed by atoms with Crippen molar-refractivity contribution in [3.63, 3.8) is 0 Å². The van der Waals surface area contributed by atoms with Crippen LogP contribution < -0.4 is 5.73 Å². The zero-order valence-corrected chi connectivity index (χ0v) is 19.8.